The third-order valence-corrected chi connectivity index (χ3v) is 6.36. The molecule has 5 rings (SSSR count). The number of aromatic nitrogens is 3. The first-order chi connectivity index (χ1) is 15.0. The molecule has 0 unspecified atom stereocenters. The van der Waals surface area contributed by atoms with E-state index >= 15 is 0 Å². The fourth-order valence-electron chi connectivity index (χ4n) is 4.61. The SMILES string of the molecule is Cc1cccn2c(=O)c3cc(C(=O)N4CCCC[C@H]4C)n(Cc4ccccc4)c3nc12. The summed E-state index contributed by atoms with van der Waals surface area (Å²) in [6.07, 6.45) is 4.90. The molecule has 4 aromatic rings. The number of aryl methyl sites for hydroxylation is 1. The maximum atomic E-state index is 13.6. The van der Waals surface area contributed by atoms with Gasteiger partial charge in [-0.05, 0) is 56.4 Å². The molecule has 0 spiro atoms. The molecule has 6 nitrogen and oxygen atoms in total. The molecule has 3 aromatic heterocycles. The molecule has 1 aromatic carbocycles. The molecule has 1 saturated heterocycles. The summed E-state index contributed by atoms with van der Waals surface area (Å²) >= 11 is 0. The number of amides is 1. The van der Waals surface area contributed by atoms with E-state index < -0.39 is 0 Å². The predicted octanol–water partition coefficient (Wildman–Crippen LogP) is 4.02. The quantitative estimate of drug-likeness (QED) is 0.509. The third-order valence-electron chi connectivity index (χ3n) is 6.36. The largest absolute Gasteiger partial charge is 0.335 e. The smallest absolute Gasteiger partial charge is 0.270 e. The minimum absolute atomic E-state index is 0.0219. The average molecular weight is 415 g/mol. The first-order valence-corrected chi connectivity index (χ1v) is 10.9. The maximum Gasteiger partial charge on any atom is 0.270 e. The van der Waals surface area contributed by atoms with Crippen molar-refractivity contribution in [2.45, 2.75) is 45.7 Å². The zero-order valence-electron chi connectivity index (χ0n) is 17.9. The van der Waals surface area contributed by atoms with Crippen molar-refractivity contribution in [3.63, 3.8) is 0 Å². The molecule has 1 aliphatic heterocycles. The number of rotatable bonds is 3. The van der Waals surface area contributed by atoms with Crippen molar-refractivity contribution in [3.05, 3.63) is 81.9 Å². The van der Waals surface area contributed by atoms with Crippen LogP contribution < -0.4 is 5.56 Å². The fourth-order valence-corrected chi connectivity index (χ4v) is 4.61. The second kappa shape index (κ2) is 7.69. The van der Waals surface area contributed by atoms with E-state index in [0.717, 1.165) is 36.9 Å². The van der Waals surface area contributed by atoms with E-state index in [1.807, 2.05) is 58.9 Å². The maximum absolute atomic E-state index is 13.6. The van der Waals surface area contributed by atoms with Gasteiger partial charge in [0, 0.05) is 25.3 Å². The van der Waals surface area contributed by atoms with Crippen molar-refractivity contribution < 1.29 is 4.79 Å². The Labute approximate surface area is 180 Å². The zero-order chi connectivity index (χ0) is 21.5. The molecule has 6 heteroatoms. The van der Waals surface area contributed by atoms with Crippen molar-refractivity contribution in [2.24, 2.45) is 0 Å². The van der Waals surface area contributed by atoms with Crippen LogP contribution in [0.25, 0.3) is 16.7 Å². The molecule has 0 radical (unpaired) electrons. The van der Waals surface area contributed by atoms with E-state index in [-0.39, 0.29) is 17.5 Å². The van der Waals surface area contributed by atoms with E-state index in [4.69, 9.17) is 4.98 Å². The van der Waals surface area contributed by atoms with Crippen molar-refractivity contribution in [2.75, 3.05) is 6.54 Å². The average Bonchev–Trinajstić information content (AvgIpc) is 3.14. The van der Waals surface area contributed by atoms with Gasteiger partial charge in [-0.15, -0.1) is 0 Å². The van der Waals surface area contributed by atoms with Crippen LogP contribution >= 0.6 is 0 Å². The first-order valence-electron chi connectivity index (χ1n) is 10.9. The second-order valence-electron chi connectivity index (χ2n) is 8.48. The number of carbonyl (C=O) groups is 1. The number of benzene rings is 1. The Balaban J connectivity index is 1.75. The highest BCUT2D eigenvalue weighted by atomic mass is 16.2. The van der Waals surface area contributed by atoms with Gasteiger partial charge in [0.25, 0.3) is 11.5 Å². The molecule has 31 heavy (non-hydrogen) atoms. The summed E-state index contributed by atoms with van der Waals surface area (Å²) in [5, 5.41) is 0.479. The highest BCUT2D eigenvalue weighted by molar-refractivity contribution is 5.98. The number of nitrogens with zero attached hydrogens (tertiary/aromatic N) is 4. The van der Waals surface area contributed by atoms with Gasteiger partial charge >= 0.3 is 0 Å². The minimum Gasteiger partial charge on any atom is -0.335 e. The lowest BCUT2D eigenvalue weighted by Crippen LogP contribution is -2.42. The van der Waals surface area contributed by atoms with Crippen LogP contribution in [0.2, 0.25) is 0 Å². The van der Waals surface area contributed by atoms with Gasteiger partial charge in [-0.1, -0.05) is 36.4 Å². The summed E-state index contributed by atoms with van der Waals surface area (Å²) in [6, 6.07) is 15.7. The monoisotopic (exact) mass is 414 g/mol. The van der Waals surface area contributed by atoms with E-state index in [2.05, 4.69) is 6.92 Å². The Bertz CT molecular complexity index is 1340. The molecule has 1 atom stereocenters. The van der Waals surface area contributed by atoms with Crippen molar-refractivity contribution in [3.8, 4) is 0 Å². The van der Waals surface area contributed by atoms with Gasteiger partial charge < -0.3 is 9.47 Å². The number of hydrogen-bond acceptors (Lipinski definition) is 3. The van der Waals surface area contributed by atoms with Gasteiger partial charge in [-0.2, -0.15) is 0 Å². The Morgan fingerprint density at radius 2 is 1.90 bits per heavy atom. The molecule has 4 heterocycles. The van der Waals surface area contributed by atoms with Crippen LogP contribution in [0.3, 0.4) is 0 Å². The van der Waals surface area contributed by atoms with Crippen molar-refractivity contribution in [1.29, 1.82) is 0 Å². The summed E-state index contributed by atoms with van der Waals surface area (Å²) in [5.74, 6) is -0.0219. The molecule has 158 valence electrons. The van der Waals surface area contributed by atoms with Gasteiger partial charge in [0.2, 0.25) is 0 Å². The lowest BCUT2D eigenvalue weighted by Gasteiger charge is -2.33. The van der Waals surface area contributed by atoms with E-state index in [1.54, 1.807) is 16.7 Å². The van der Waals surface area contributed by atoms with Crippen molar-refractivity contribution >= 4 is 22.6 Å². The van der Waals surface area contributed by atoms with E-state index in [0.29, 0.717) is 28.9 Å². The summed E-state index contributed by atoms with van der Waals surface area (Å²) < 4.78 is 3.49. The molecule has 1 amide bonds. The summed E-state index contributed by atoms with van der Waals surface area (Å²) in [6.45, 7) is 5.29. The van der Waals surface area contributed by atoms with Gasteiger partial charge in [0.1, 0.15) is 17.0 Å². The van der Waals surface area contributed by atoms with E-state index in [1.165, 1.54) is 0 Å². The number of pyridine rings is 1. The predicted molar refractivity (Wildman–Crippen MR) is 122 cm³/mol. The van der Waals surface area contributed by atoms with Gasteiger partial charge in [-0.25, -0.2) is 4.98 Å². The highest BCUT2D eigenvalue weighted by Gasteiger charge is 2.28. The molecule has 1 aliphatic rings. The second-order valence-corrected chi connectivity index (χ2v) is 8.48. The van der Waals surface area contributed by atoms with Crippen LogP contribution in [0, 0.1) is 6.92 Å². The fraction of sp³-hybridized carbons (Fsp3) is 0.320. The Hall–Kier alpha value is -3.41. The Morgan fingerprint density at radius 3 is 2.68 bits per heavy atom. The molecule has 0 saturated carbocycles. The normalized spacial score (nSPS) is 16.8. The molecule has 0 aliphatic carbocycles. The summed E-state index contributed by atoms with van der Waals surface area (Å²) in [7, 11) is 0. The molecule has 0 N–H and O–H groups in total. The molecular weight excluding hydrogens is 388 g/mol. The molecule has 0 bridgehead atoms. The molecular formula is C25H26N4O2. The van der Waals surface area contributed by atoms with Gasteiger partial charge in [-0.3, -0.25) is 14.0 Å². The zero-order valence-corrected chi connectivity index (χ0v) is 17.9. The Morgan fingerprint density at radius 1 is 1.10 bits per heavy atom. The van der Waals surface area contributed by atoms with Crippen LogP contribution in [-0.2, 0) is 6.54 Å². The van der Waals surface area contributed by atoms with Crippen LogP contribution in [0.4, 0.5) is 0 Å². The lowest BCUT2D eigenvalue weighted by atomic mass is 10.0. The van der Waals surface area contributed by atoms with Crippen LogP contribution in [-0.4, -0.2) is 37.3 Å². The first kappa shape index (κ1) is 19.5. The summed E-state index contributed by atoms with van der Waals surface area (Å²) in [5.41, 5.74) is 3.56. The lowest BCUT2D eigenvalue weighted by molar-refractivity contribution is 0.0625. The highest BCUT2D eigenvalue weighted by Crippen LogP contribution is 2.24. The number of likely N-dealkylation sites (tertiary alicyclic amines) is 1. The number of piperidine rings is 1. The summed E-state index contributed by atoms with van der Waals surface area (Å²) in [4.78, 5) is 33.7. The van der Waals surface area contributed by atoms with Gasteiger partial charge in [0.15, 0.2) is 0 Å². The topological polar surface area (TPSA) is 59.6 Å². The number of hydrogen-bond donors (Lipinski definition) is 0. The number of carbonyl (C=O) groups excluding carboxylic acids is 1. The van der Waals surface area contributed by atoms with Crippen LogP contribution in [0.15, 0.2) is 59.5 Å². The van der Waals surface area contributed by atoms with Crippen LogP contribution in [0.5, 0.6) is 0 Å². The number of fused-ring (bicyclic) bond motifs is 2. The standard InChI is InChI=1S/C25H26N4O2/c1-17-9-8-14-28-22(17)26-23-20(24(28)30)15-21(25(31)27-13-7-6-10-18(27)2)29(23)16-19-11-4-3-5-12-19/h3-5,8-9,11-12,14-15,18H,6-7,10,13,16H2,1-2H3/t18-/m1/s1. The van der Waals surface area contributed by atoms with Crippen molar-refractivity contribution in [1.82, 2.24) is 18.9 Å². The molecule has 1 fully saturated rings. The third kappa shape index (κ3) is 3.32. The Kier molecular flexibility index (Phi) is 4.85. The van der Waals surface area contributed by atoms with Crippen LogP contribution in [0.1, 0.15) is 47.8 Å². The van der Waals surface area contributed by atoms with E-state index in [9.17, 15) is 9.59 Å². The van der Waals surface area contributed by atoms with Gasteiger partial charge in [0.05, 0.1) is 5.39 Å². The minimum atomic E-state index is -0.142.